The average Bonchev–Trinajstić information content (AvgIpc) is 2.18. The average molecular weight is 198 g/mol. The maximum atomic E-state index is 13.1. The first-order valence-electron chi connectivity index (χ1n) is 4.60. The van der Waals surface area contributed by atoms with Crippen LogP contribution in [0.2, 0.25) is 0 Å². The van der Waals surface area contributed by atoms with Crippen molar-refractivity contribution in [2.45, 2.75) is 19.4 Å². The second-order valence-electron chi connectivity index (χ2n) is 3.16. The quantitative estimate of drug-likeness (QED) is 0.786. The molecular formula is C10H15FN2O. The maximum Gasteiger partial charge on any atom is 0.165 e. The minimum absolute atomic E-state index is 0.152. The van der Waals surface area contributed by atoms with Gasteiger partial charge in [-0.1, -0.05) is 0 Å². The molecule has 1 aromatic heterocycles. The van der Waals surface area contributed by atoms with Crippen LogP contribution in [0.5, 0.6) is 0 Å². The maximum absolute atomic E-state index is 13.1. The molecule has 0 aliphatic carbocycles. The summed E-state index contributed by atoms with van der Waals surface area (Å²) in [6, 6.07) is 3.11. The second-order valence-corrected chi connectivity index (χ2v) is 3.16. The fourth-order valence-corrected chi connectivity index (χ4v) is 1.09. The summed E-state index contributed by atoms with van der Waals surface area (Å²) >= 11 is 0. The number of hydrogen-bond acceptors (Lipinski definition) is 3. The molecule has 14 heavy (non-hydrogen) atoms. The van der Waals surface area contributed by atoms with Gasteiger partial charge in [-0.05, 0) is 25.5 Å². The van der Waals surface area contributed by atoms with Gasteiger partial charge in [0.2, 0.25) is 0 Å². The Morgan fingerprint density at radius 2 is 2.43 bits per heavy atom. The highest BCUT2D eigenvalue weighted by molar-refractivity contribution is 5.36. The van der Waals surface area contributed by atoms with Gasteiger partial charge in [-0.25, -0.2) is 9.37 Å². The van der Waals surface area contributed by atoms with Gasteiger partial charge in [-0.3, -0.25) is 0 Å². The zero-order valence-electron chi connectivity index (χ0n) is 8.46. The molecule has 0 bridgehead atoms. The Labute approximate surface area is 83.3 Å². The van der Waals surface area contributed by atoms with Gasteiger partial charge in [0.05, 0.1) is 0 Å². The highest BCUT2D eigenvalue weighted by Gasteiger charge is 2.06. The van der Waals surface area contributed by atoms with Crippen LogP contribution in [0.15, 0.2) is 18.3 Å². The van der Waals surface area contributed by atoms with Crippen molar-refractivity contribution in [3.8, 4) is 0 Å². The first-order valence-corrected chi connectivity index (χ1v) is 4.60. The lowest BCUT2D eigenvalue weighted by atomic mass is 10.2. The monoisotopic (exact) mass is 198 g/mol. The van der Waals surface area contributed by atoms with E-state index in [2.05, 4.69) is 10.3 Å². The SMILES string of the molecule is COCCC(C)Nc1ncccc1F. The number of anilines is 1. The molecule has 1 aromatic rings. The number of nitrogens with zero attached hydrogens (tertiary/aromatic N) is 1. The van der Waals surface area contributed by atoms with Crippen LogP contribution in [0.1, 0.15) is 13.3 Å². The number of nitrogens with one attached hydrogen (secondary N) is 1. The lowest BCUT2D eigenvalue weighted by molar-refractivity contribution is 0.191. The summed E-state index contributed by atoms with van der Waals surface area (Å²) in [5.74, 6) is -0.0205. The number of aromatic nitrogens is 1. The van der Waals surface area contributed by atoms with Crippen LogP contribution in [-0.4, -0.2) is 24.7 Å². The van der Waals surface area contributed by atoms with E-state index in [1.54, 1.807) is 19.4 Å². The van der Waals surface area contributed by atoms with Crippen molar-refractivity contribution in [1.82, 2.24) is 4.98 Å². The van der Waals surface area contributed by atoms with Crippen molar-refractivity contribution in [2.75, 3.05) is 19.0 Å². The van der Waals surface area contributed by atoms with Crippen LogP contribution >= 0.6 is 0 Å². The van der Waals surface area contributed by atoms with Gasteiger partial charge in [0.15, 0.2) is 11.6 Å². The Bertz CT molecular complexity index is 281. The molecule has 1 unspecified atom stereocenters. The van der Waals surface area contributed by atoms with Gasteiger partial charge in [0.1, 0.15) is 0 Å². The lowest BCUT2D eigenvalue weighted by Crippen LogP contribution is -2.18. The van der Waals surface area contributed by atoms with Crippen LogP contribution in [0, 0.1) is 5.82 Å². The molecule has 1 heterocycles. The molecule has 4 heteroatoms. The van der Waals surface area contributed by atoms with Crippen molar-refractivity contribution in [1.29, 1.82) is 0 Å². The number of hydrogen-bond donors (Lipinski definition) is 1. The van der Waals surface area contributed by atoms with Gasteiger partial charge in [0.25, 0.3) is 0 Å². The molecule has 0 fully saturated rings. The predicted octanol–water partition coefficient (Wildman–Crippen LogP) is 2.06. The smallest absolute Gasteiger partial charge is 0.165 e. The number of ether oxygens (including phenoxy) is 1. The normalized spacial score (nSPS) is 12.5. The predicted molar refractivity (Wildman–Crippen MR) is 53.8 cm³/mol. The standard InChI is InChI=1S/C10H15FN2O/c1-8(5-7-14-2)13-10-9(11)4-3-6-12-10/h3-4,6,8H,5,7H2,1-2H3,(H,12,13). The number of rotatable bonds is 5. The minimum atomic E-state index is -0.322. The molecule has 0 radical (unpaired) electrons. The zero-order valence-corrected chi connectivity index (χ0v) is 8.46. The van der Waals surface area contributed by atoms with Crippen LogP contribution in [-0.2, 0) is 4.74 Å². The van der Waals surface area contributed by atoms with Crippen molar-refractivity contribution in [2.24, 2.45) is 0 Å². The van der Waals surface area contributed by atoms with E-state index in [0.717, 1.165) is 6.42 Å². The first-order chi connectivity index (χ1) is 6.74. The molecule has 1 atom stereocenters. The van der Waals surface area contributed by atoms with Crippen molar-refractivity contribution >= 4 is 5.82 Å². The third-order valence-corrected chi connectivity index (χ3v) is 1.90. The Kier molecular flexibility index (Phi) is 4.32. The third-order valence-electron chi connectivity index (χ3n) is 1.90. The Hall–Kier alpha value is -1.16. The van der Waals surface area contributed by atoms with Gasteiger partial charge < -0.3 is 10.1 Å². The van der Waals surface area contributed by atoms with E-state index >= 15 is 0 Å². The van der Waals surface area contributed by atoms with Crippen molar-refractivity contribution in [3.63, 3.8) is 0 Å². The van der Waals surface area contributed by atoms with E-state index in [-0.39, 0.29) is 11.9 Å². The number of pyridine rings is 1. The molecule has 78 valence electrons. The molecule has 0 aliphatic rings. The molecular weight excluding hydrogens is 183 g/mol. The molecule has 1 rings (SSSR count). The second kappa shape index (κ2) is 5.54. The highest BCUT2D eigenvalue weighted by Crippen LogP contribution is 2.10. The zero-order chi connectivity index (χ0) is 10.4. The molecule has 1 N–H and O–H groups in total. The summed E-state index contributed by atoms with van der Waals surface area (Å²) in [6.07, 6.45) is 2.39. The van der Waals surface area contributed by atoms with Crippen LogP contribution in [0.4, 0.5) is 10.2 Å². The molecule has 0 amide bonds. The molecule has 0 saturated heterocycles. The topological polar surface area (TPSA) is 34.1 Å². The van der Waals surface area contributed by atoms with E-state index in [0.29, 0.717) is 12.4 Å². The summed E-state index contributed by atoms with van der Waals surface area (Å²) < 4.78 is 18.0. The summed E-state index contributed by atoms with van der Waals surface area (Å²) in [5, 5.41) is 2.98. The molecule has 0 saturated carbocycles. The molecule has 3 nitrogen and oxygen atoms in total. The fraction of sp³-hybridized carbons (Fsp3) is 0.500. The van der Waals surface area contributed by atoms with Crippen LogP contribution < -0.4 is 5.32 Å². The van der Waals surface area contributed by atoms with Gasteiger partial charge in [0, 0.05) is 26.0 Å². The van der Waals surface area contributed by atoms with E-state index in [1.165, 1.54) is 6.07 Å². The Balaban J connectivity index is 2.47. The lowest BCUT2D eigenvalue weighted by Gasteiger charge is -2.13. The molecule has 0 spiro atoms. The van der Waals surface area contributed by atoms with Gasteiger partial charge in [-0.15, -0.1) is 0 Å². The third kappa shape index (κ3) is 3.30. The summed E-state index contributed by atoms with van der Waals surface area (Å²) in [4.78, 5) is 3.90. The largest absolute Gasteiger partial charge is 0.385 e. The van der Waals surface area contributed by atoms with Gasteiger partial charge >= 0.3 is 0 Å². The summed E-state index contributed by atoms with van der Waals surface area (Å²) in [7, 11) is 1.65. The van der Waals surface area contributed by atoms with Crippen molar-refractivity contribution < 1.29 is 9.13 Å². The van der Waals surface area contributed by atoms with E-state index in [4.69, 9.17) is 4.74 Å². The Morgan fingerprint density at radius 1 is 1.64 bits per heavy atom. The number of halogens is 1. The van der Waals surface area contributed by atoms with Crippen LogP contribution in [0.25, 0.3) is 0 Å². The first kappa shape index (κ1) is 10.9. The highest BCUT2D eigenvalue weighted by atomic mass is 19.1. The molecule has 0 aromatic carbocycles. The van der Waals surface area contributed by atoms with Gasteiger partial charge in [-0.2, -0.15) is 0 Å². The Morgan fingerprint density at radius 3 is 3.07 bits per heavy atom. The van der Waals surface area contributed by atoms with E-state index < -0.39 is 0 Å². The summed E-state index contributed by atoms with van der Waals surface area (Å²) in [5.41, 5.74) is 0. The van der Waals surface area contributed by atoms with Crippen LogP contribution in [0.3, 0.4) is 0 Å². The van der Waals surface area contributed by atoms with E-state index in [1.807, 2.05) is 6.92 Å². The number of methoxy groups -OCH3 is 1. The minimum Gasteiger partial charge on any atom is -0.385 e. The summed E-state index contributed by atoms with van der Waals surface area (Å²) in [6.45, 7) is 2.62. The van der Waals surface area contributed by atoms with Crippen molar-refractivity contribution in [3.05, 3.63) is 24.1 Å². The molecule has 0 aliphatic heterocycles. The van der Waals surface area contributed by atoms with E-state index in [9.17, 15) is 4.39 Å². The fourth-order valence-electron chi connectivity index (χ4n) is 1.09.